The van der Waals surface area contributed by atoms with Gasteiger partial charge in [-0.1, -0.05) is 11.6 Å². The van der Waals surface area contributed by atoms with E-state index in [9.17, 15) is 0 Å². The van der Waals surface area contributed by atoms with E-state index in [1.807, 2.05) is 19.1 Å². The number of hydrogen-bond donors (Lipinski definition) is 0. The maximum absolute atomic E-state index is 6.17. The quantitative estimate of drug-likeness (QED) is 0.804. The number of methoxy groups -OCH3 is 2. The normalized spacial score (nSPS) is 10.5. The van der Waals surface area contributed by atoms with Crippen LogP contribution >= 0.6 is 11.6 Å². The van der Waals surface area contributed by atoms with Crippen LogP contribution in [0.1, 0.15) is 5.69 Å². The Balaban J connectivity index is 2.83. The largest absolute Gasteiger partial charge is 0.497 e. The molecule has 2 aromatic rings. The summed E-state index contributed by atoms with van der Waals surface area (Å²) in [6.07, 6.45) is 0. The number of nitrogens with zero attached hydrogens (tertiary/aromatic N) is 1. The zero-order valence-corrected chi connectivity index (χ0v) is 10.1. The van der Waals surface area contributed by atoms with Gasteiger partial charge in [-0.15, -0.1) is 0 Å². The molecule has 0 radical (unpaired) electrons. The maximum Gasteiger partial charge on any atom is 0.148 e. The van der Waals surface area contributed by atoms with Crippen molar-refractivity contribution >= 4 is 22.5 Å². The third-order valence-corrected chi connectivity index (χ3v) is 2.70. The first kappa shape index (κ1) is 11.0. The van der Waals surface area contributed by atoms with Gasteiger partial charge in [0, 0.05) is 17.1 Å². The fraction of sp³-hybridized carbons (Fsp3) is 0.250. The number of aryl methyl sites for hydroxylation is 1. The van der Waals surface area contributed by atoms with Crippen LogP contribution in [-0.2, 0) is 0 Å². The van der Waals surface area contributed by atoms with Crippen molar-refractivity contribution < 1.29 is 9.47 Å². The monoisotopic (exact) mass is 237 g/mol. The average Bonchev–Trinajstić information content (AvgIpc) is 2.28. The van der Waals surface area contributed by atoms with Crippen LogP contribution < -0.4 is 9.47 Å². The molecular formula is C12H12ClNO2. The summed E-state index contributed by atoms with van der Waals surface area (Å²) in [5.74, 6) is 1.37. The number of pyridine rings is 1. The summed E-state index contributed by atoms with van der Waals surface area (Å²) < 4.78 is 10.5. The third-order valence-electron chi connectivity index (χ3n) is 2.39. The lowest BCUT2D eigenvalue weighted by Crippen LogP contribution is -1.92. The van der Waals surface area contributed by atoms with Crippen molar-refractivity contribution in [2.24, 2.45) is 0 Å². The molecule has 0 saturated heterocycles. The molecule has 0 atom stereocenters. The molecular weight excluding hydrogens is 226 g/mol. The molecule has 0 bridgehead atoms. The Kier molecular flexibility index (Phi) is 2.88. The van der Waals surface area contributed by atoms with E-state index in [0.29, 0.717) is 16.5 Å². The van der Waals surface area contributed by atoms with Gasteiger partial charge in [-0.25, -0.2) is 4.98 Å². The van der Waals surface area contributed by atoms with Crippen LogP contribution in [0.4, 0.5) is 0 Å². The second-order valence-electron chi connectivity index (χ2n) is 3.47. The Bertz CT molecular complexity index is 540. The smallest absolute Gasteiger partial charge is 0.148 e. The highest BCUT2D eigenvalue weighted by Crippen LogP contribution is 2.33. The summed E-state index contributed by atoms with van der Waals surface area (Å²) in [5, 5.41) is 1.49. The van der Waals surface area contributed by atoms with Crippen molar-refractivity contribution in [3.05, 3.63) is 28.9 Å². The van der Waals surface area contributed by atoms with E-state index >= 15 is 0 Å². The number of fused-ring (bicyclic) bond motifs is 1. The van der Waals surface area contributed by atoms with Crippen molar-refractivity contribution in [3.63, 3.8) is 0 Å². The van der Waals surface area contributed by atoms with Crippen LogP contribution in [0.25, 0.3) is 10.9 Å². The van der Waals surface area contributed by atoms with Crippen LogP contribution in [-0.4, -0.2) is 19.2 Å². The highest BCUT2D eigenvalue weighted by atomic mass is 35.5. The number of aromatic nitrogens is 1. The zero-order valence-electron chi connectivity index (χ0n) is 9.37. The molecule has 3 nitrogen and oxygen atoms in total. The first-order chi connectivity index (χ1) is 7.65. The molecule has 2 rings (SSSR count). The van der Waals surface area contributed by atoms with Gasteiger partial charge in [0.1, 0.15) is 17.0 Å². The van der Waals surface area contributed by atoms with E-state index in [2.05, 4.69) is 4.98 Å². The van der Waals surface area contributed by atoms with Gasteiger partial charge in [0.2, 0.25) is 0 Å². The molecule has 0 fully saturated rings. The molecule has 1 aromatic heterocycles. The van der Waals surface area contributed by atoms with Gasteiger partial charge >= 0.3 is 0 Å². The molecule has 0 aliphatic rings. The minimum Gasteiger partial charge on any atom is -0.497 e. The van der Waals surface area contributed by atoms with Gasteiger partial charge in [-0.05, 0) is 19.1 Å². The summed E-state index contributed by atoms with van der Waals surface area (Å²) in [4.78, 5) is 4.42. The van der Waals surface area contributed by atoms with Crippen molar-refractivity contribution in [2.75, 3.05) is 14.2 Å². The minimum absolute atomic E-state index is 0.653. The highest BCUT2D eigenvalue weighted by Gasteiger charge is 2.10. The van der Waals surface area contributed by atoms with E-state index in [1.54, 1.807) is 20.3 Å². The number of rotatable bonds is 2. The van der Waals surface area contributed by atoms with Gasteiger partial charge in [0.15, 0.2) is 0 Å². The summed E-state index contributed by atoms with van der Waals surface area (Å²) in [6.45, 7) is 1.90. The van der Waals surface area contributed by atoms with Crippen molar-refractivity contribution in [3.8, 4) is 11.5 Å². The first-order valence-electron chi connectivity index (χ1n) is 4.84. The lowest BCUT2D eigenvalue weighted by Gasteiger charge is -2.09. The second-order valence-corrected chi connectivity index (χ2v) is 3.88. The summed E-state index contributed by atoms with van der Waals surface area (Å²) in [5.41, 5.74) is 1.62. The lowest BCUT2D eigenvalue weighted by atomic mass is 10.1. The topological polar surface area (TPSA) is 31.4 Å². The molecule has 84 valence electrons. The number of ether oxygens (including phenoxy) is 2. The molecule has 16 heavy (non-hydrogen) atoms. The lowest BCUT2D eigenvalue weighted by molar-refractivity contribution is 0.397. The van der Waals surface area contributed by atoms with Crippen molar-refractivity contribution in [1.29, 1.82) is 0 Å². The molecule has 1 heterocycles. The number of hydrogen-bond acceptors (Lipinski definition) is 3. The fourth-order valence-electron chi connectivity index (χ4n) is 1.62. The van der Waals surface area contributed by atoms with E-state index in [4.69, 9.17) is 21.1 Å². The first-order valence-corrected chi connectivity index (χ1v) is 5.22. The van der Waals surface area contributed by atoms with Gasteiger partial charge in [0.25, 0.3) is 0 Å². The number of halogens is 1. The maximum atomic E-state index is 6.17. The van der Waals surface area contributed by atoms with Gasteiger partial charge in [0.05, 0.1) is 19.2 Å². The van der Waals surface area contributed by atoms with Gasteiger partial charge in [-0.2, -0.15) is 0 Å². The Morgan fingerprint density at radius 3 is 2.50 bits per heavy atom. The summed E-state index contributed by atoms with van der Waals surface area (Å²) in [6, 6.07) is 5.47. The fourth-order valence-corrected chi connectivity index (χ4v) is 1.93. The van der Waals surface area contributed by atoms with E-state index in [0.717, 1.165) is 16.6 Å². The van der Waals surface area contributed by atoms with Crippen LogP contribution in [0.15, 0.2) is 18.2 Å². The van der Waals surface area contributed by atoms with E-state index < -0.39 is 0 Å². The molecule has 0 unspecified atom stereocenters. The van der Waals surface area contributed by atoms with Crippen LogP contribution in [0, 0.1) is 6.92 Å². The molecule has 4 heteroatoms. The summed E-state index contributed by atoms with van der Waals surface area (Å²) in [7, 11) is 3.21. The molecule has 0 N–H and O–H groups in total. The summed E-state index contributed by atoms with van der Waals surface area (Å²) >= 11 is 6.17. The highest BCUT2D eigenvalue weighted by molar-refractivity contribution is 6.35. The average molecular weight is 238 g/mol. The van der Waals surface area contributed by atoms with Crippen LogP contribution in [0.3, 0.4) is 0 Å². The zero-order chi connectivity index (χ0) is 11.7. The molecule has 0 amide bonds. The Morgan fingerprint density at radius 2 is 1.88 bits per heavy atom. The predicted molar refractivity (Wildman–Crippen MR) is 64.6 cm³/mol. The predicted octanol–water partition coefficient (Wildman–Crippen LogP) is 3.21. The third kappa shape index (κ3) is 1.78. The molecule has 0 saturated carbocycles. The second kappa shape index (κ2) is 4.18. The SMILES string of the molecule is COc1cc(OC)c2nc(C)cc(Cl)c2c1. The van der Waals surface area contributed by atoms with Gasteiger partial charge < -0.3 is 9.47 Å². The minimum atomic E-state index is 0.653. The Hall–Kier alpha value is -1.48. The van der Waals surface area contributed by atoms with Crippen molar-refractivity contribution in [2.45, 2.75) is 6.92 Å². The Morgan fingerprint density at radius 1 is 1.12 bits per heavy atom. The molecule has 1 aromatic carbocycles. The van der Waals surface area contributed by atoms with E-state index in [-0.39, 0.29) is 0 Å². The van der Waals surface area contributed by atoms with E-state index in [1.165, 1.54) is 0 Å². The van der Waals surface area contributed by atoms with Crippen molar-refractivity contribution in [1.82, 2.24) is 4.98 Å². The molecule has 0 spiro atoms. The standard InChI is InChI=1S/C12H12ClNO2/c1-7-4-10(13)9-5-8(15-2)6-11(16-3)12(9)14-7/h4-6H,1-3H3. The van der Waals surface area contributed by atoms with Gasteiger partial charge in [-0.3, -0.25) is 0 Å². The Labute approximate surface area is 99.0 Å². The number of benzene rings is 1. The van der Waals surface area contributed by atoms with Crippen LogP contribution in [0.2, 0.25) is 5.02 Å². The van der Waals surface area contributed by atoms with Crippen LogP contribution in [0.5, 0.6) is 11.5 Å². The molecule has 0 aliphatic carbocycles. The molecule has 0 aliphatic heterocycles.